The van der Waals surface area contributed by atoms with Crippen LogP contribution in [0.25, 0.3) is 0 Å². The molecular weight excluding hydrogens is 264 g/mol. The van der Waals surface area contributed by atoms with Crippen molar-refractivity contribution in [3.63, 3.8) is 0 Å². The van der Waals surface area contributed by atoms with Gasteiger partial charge in [0.15, 0.2) is 5.78 Å². The molecule has 1 aromatic carbocycles. The predicted octanol–water partition coefficient (Wildman–Crippen LogP) is 2.16. The van der Waals surface area contributed by atoms with Crippen LogP contribution < -0.4 is 11.1 Å². The van der Waals surface area contributed by atoms with Gasteiger partial charge in [-0.3, -0.25) is 9.59 Å². The molecule has 0 spiro atoms. The summed E-state index contributed by atoms with van der Waals surface area (Å²) in [6.07, 6.45) is 1.15. The molecular formula is C14H19ClN2O2. The lowest BCUT2D eigenvalue weighted by Gasteiger charge is -2.14. The van der Waals surface area contributed by atoms with E-state index in [9.17, 15) is 9.59 Å². The number of benzene rings is 1. The first kappa shape index (κ1) is 15.7. The van der Waals surface area contributed by atoms with E-state index >= 15 is 0 Å². The van der Waals surface area contributed by atoms with Gasteiger partial charge in [-0.2, -0.15) is 0 Å². The zero-order valence-corrected chi connectivity index (χ0v) is 11.7. The molecule has 5 heteroatoms. The van der Waals surface area contributed by atoms with Gasteiger partial charge in [0.1, 0.15) is 0 Å². The molecule has 0 aliphatic rings. The largest absolute Gasteiger partial charge is 0.352 e. The summed E-state index contributed by atoms with van der Waals surface area (Å²) < 4.78 is 0. The highest BCUT2D eigenvalue weighted by Gasteiger charge is 2.11. The Hall–Kier alpha value is -1.39. The molecule has 104 valence electrons. The van der Waals surface area contributed by atoms with Crippen molar-refractivity contribution in [2.24, 2.45) is 5.73 Å². The van der Waals surface area contributed by atoms with Crippen LogP contribution in [0.3, 0.4) is 0 Å². The number of nitrogens with two attached hydrogens (primary N) is 1. The molecule has 1 atom stereocenters. The maximum absolute atomic E-state index is 11.8. The topological polar surface area (TPSA) is 72.2 Å². The highest BCUT2D eigenvalue weighted by Crippen LogP contribution is 2.11. The third kappa shape index (κ3) is 5.41. The smallest absolute Gasteiger partial charge is 0.220 e. The van der Waals surface area contributed by atoms with Crippen LogP contribution >= 0.6 is 11.6 Å². The number of rotatable bonds is 7. The lowest BCUT2D eigenvalue weighted by atomic mass is 10.1. The van der Waals surface area contributed by atoms with Crippen molar-refractivity contribution in [3.05, 3.63) is 34.9 Å². The van der Waals surface area contributed by atoms with E-state index in [-0.39, 0.29) is 30.6 Å². The van der Waals surface area contributed by atoms with Crippen LogP contribution in [0.1, 0.15) is 36.5 Å². The van der Waals surface area contributed by atoms with E-state index < -0.39 is 0 Å². The fourth-order valence-corrected chi connectivity index (χ4v) is 1.76. The van der Waals surface area contributed by atoms with Crippen molar-refractivity contribution in [1.29, 1.82) is 0 Å². The minimum Gasteiger partial charge on any atom is -0.352 e. The number of carbonyl (C=O) groups excluding carboxylic acids is 2. The molecule has 0 aromatic heterocycles. The second kappa shape index (κ2) is 7.92. The third-order valence-corrected chi connectivity index (χ3v) is 3.14. The van der Waals surface area contributed by atoms with E-state index in [1.54, 1.807) is 24.3 Å². The fraction of sp³-hybridized carbons (Fsp3) is 0.429. The van der Waals surface area contributed by atoms with E-state index in [4.69, 9.17) is 17.3 Å². The van der Waals surface area contributed by atoms with Crippen molar-refractivity contribution < 1.29 is 9.59 Å². The Kier molecular flexibility index (Phi) is 6.53. The summed E-state index contributed by atoms with van der Waals surface area (Å²) in [5.41, 5.74) is 6.07. The van der Waals surface area contributed by atoms with Gasteiger partial charge in [-0.1, -0.05) is 18.5 Å². The summed E-state index contributed by atoms with van der Waals surface area (Å²) >= 11 is 5.75. The number of amides is 1. The Labute approximate surface area is 118 Å². The monoisotopic (exact) mass is 282 g/mol. The van der Waals surface area contributed by atoms with Gasteiger partial charge >= 0.3 is 0 Å². The standard InChI is InChI=1S/C14H19ClN2O2/c1-2-12(9-16)17-14(19)8-7-13(18)10-3-5-11(15)6-4-10/h3-6,12H,2,7-9,16H2,1H3,(H,17,19). The van der Waals surface area contributed by atoms with Gasteiger partial charge < -0.3 is 11.1 Å². The summed E-state index contributed by atoms with van der Waals surface area (Å²) in [4.78, 5) is 23.5. The Morgan fingerprint density at radius 3 is 2.42 bits per heavy atom. The summed E-state index contributed by atoms with van der Waals surface area (Å²) in [5, 5.41) is 3.38. The summed E-state index contributed by atoms with van der Waals surface area (Å²) in [6, 6.07) is 6.64. The molecule has 0 bridgehead atoms. The van der Waals surface area contributed by atoms with Gasteiger partial charge in [-0.25, -0.2) is 0 Å². The Morgan fingerprint density at radius 2 is 1.89 bits per heavy atom. The van der Waals surface area contributed by atoms with Crippen LogP contribution in [-0.2, 0) is 4.79 Å². The molecule has 4 nitrogen and oxygen atoms in total. The normalized spacial score (nSPS) is 11.9. The van der Waals surface area contributed by atoms with Crippen molar-refractivity contribution >= 4 is 23.3 Å². The zero-order chi connectivity index (χ0) is 14.3. The number of Topliss-reactive ketones (excluding diaryl/α,β-unsaturated/α-hetero) is 1. The lowest BCUT2D eigenvalue weighted by molar-refractivity contribution is -0.121. The molecule has 0 saturated heterocycles. The minimum atomic E-state index is -0.139. The second-order valence-electron chi connectivity index (χ2n) is 4.34. The highest BCUT2D eigenvalue weighted by molar-refractivity contribution is 6.30. The molecule has 1 amide bonds. The maximum atomic E-state index is 11.8. The van der Waals surface area contributed by atoms with Gasteiger partial charge in [-0.15, -0.1) is 0 Å². The maximum Gasteiger partial charge on any atom is 0.220 e. The molecule has 0 aliphatic heterocycles. The Balaban J connectivity index is 2.41. The molecule has 0 fully saturated rings. The number of hydrogen-bond donors (Lipinski definition) is 2. The van der Waals surface area contributed by atoms with Gasteiger partial charge in [0, 0.05) is 36.0 Å². The first-order chi connectivity index (χ1) is 9.06. The van der Waals surface area contributed by atoms with E-state index in [0.29, 0.717) is 17.1 Å². The first-order valence-electron chi connectivity index (χ1n) is 6.35. The molecule has 3 N–H and O–H groups in total. The number of hydrogen-bond acceptors (Lipinski definition) is 3. The third-order valence-electron chi connectivity index (χ3n) is 2.89. The van der Waals surface area contributed by atoms with Gasteiger partial charge in [-0.05, 0) is 30.7 Å². The van der Waals surface area contributed by atoms with Crippen LogP contribution in [0, 0.1) is 0 Å². The molecule has 0 radical (unpaired) electrons. The van der Waals surface area contributed by atoms with Gasteiger partial charge in [0.2, 0.25) is 5.91 Å². The SMILES string of the molecule is CCC(CN)NC(=O)CCC(=O)c1ccc(Cl)cc1. The minimum absolute atomic E-state index is 0.0156. The van der Waals surface area contributed by atoms with Crippen LogP contribution in [-0.4, -0.2) is 24.3 Å². The zero-order valence-electron chi connectivity index (χ0n) is 11.0. The van der Waals surface area contributed by atoms with E-state index in [1.165, 1.54) is 0 Å². The van der Waals surface area contributed by atoms with Gasteiger partial charge in [0.05, 0.1) is 0 Å². The van der Waals surface area contributed by atoms with Crippen molar-refractivity contribution in [3.8, 4) is 0 Å². The summed E-state index contributed by atoms with van der Waals surface area (Å²) in [7, 11) is 0. The van der Waals surface area contributed by atoms with Crippen molar-refractivity contribution in [1.82, 2.24) is 5.32 Å². The quantitative estimate of drug-likeness (QED) is 0.753. The van der Waals surface area contributed by atoms with E-state index in [0.717, 1.165) is 6.42 Å². The number of nitrogens with one attached hydrogen (secondary N) is 1. The molecule has 0 heterocycles. The van der Waals surface area contributed by atoms with Crippen LogP contribution in [0.2, 0.25) is 5.02 Å². The molecule has 0 saturated carbocycles. The number of ketones is 1. The molecule has 1 aromatic rings. The van der Waals surface area contributed by atoms with Crippen molar-refractivity contribution in [2.75, 3.05) is 6.54 Å². The summed E-state index contributed by atoms with van der Waals surface area (Å²) in [6.45, 7) is 2.37. The number of carbonyl (C=O) groups is 2. The van der Waals surface area contributed by atoms with E-state index in [2.05, 4.69) is 5.32 Å². The van der Waals surface area contributed by atoms with Crippen LogP contribution in [0.5, 0.6) is 0 Å². The van der Waals surface area contributed by atoms with Gasteiger partial charge in [0.25, 0.3) is 0 Å². The number of halogens is 1. The van der Waals surface area contributed by atoms with Crippen LogP contribution in [0.15, 0.2) is 24.3 Å². The predicted molar refractivity (Wildman–Crippen MR) is 76.3 cm³/mol. The first-order valence-corrected chi connectivity index (χ1v) is 6.72. The second-order valence-corrected chi connectivity index (χ2v) is 4.77. The fourth-order valence-electron chi connectivity index (χ4n) is 1.63. The van der Waals surface area contributed by atoms with Crippen LogP contribution in [0.4, 0.5) is 0 Å². The van der Waals surface area contributed by atoms with Crippen molar-refractivity contribution in [2.45, 2.75) is 32.2 Å². The average Bonchev–Trinajstić information content (AvgIpc) is 2.43. The molecule has 19 heavy (non-hydrogen) atoms. The Morgan fingerprint density at radius 1 is 1.26 bits per heavy atom. The average molecular weight is 283 g/mol. The Bertz CT molecular complexity index is 428. The highest BCUT2D eigenvalue weighted by atomic mass is 35.5. The van der Waals surface area contributed by atoms with E-state index in [1.807, 2.05) is 6.92 Å². The lowest BCUT2D eigenvalue weighted by Crippen LogP contribution is -2.39. The molecule has 1 rings (SSSR count). The molecule has 1 unspecified atom stereocenters. The summed E-state index contributed by atoms with van der Waals surface area (Å²) in [5.74, 6) is -0.202. The molecule has 0 aliphatic carbocycles.